The minimum absolute atomic E-state index is 0.183. The Balaban J connectivity index is 1.87. The lowest BCUT2D eigenvalue weighted by Crippen LogP contribution is -2.35. The standard InChI is InChI=1S/C20H18N6O2/c1-28-18-5-3-2-4-16(18)13-26(20(22)27)17-8-14(9-23-12-17)6-7-15-10-24-19(21)25-11-15/h2-5,8-12H,13H2,1H3,(H2,22,27)(H2,21,24,25). The van der Waals surface area contributed by atoms with Crippen molar-refractivity contribution in [3.63, 3.8) is 0 Å². The average Bonchev–Trinajstić information content (AvgIpc) is 2.72. The van der Waals surface area contributed by atoms with E-state index < -0.39 is 6.03 Å². The monoisotopic (exact) mass is 374 g/mol. The van der Waals surface area contributed by atoms with Gasteiger partial charge in [-0.2, -0.15) is 0 Å². The zero-order chi connectivity index (χ0) is 19.9. The predicted molar refractivity (Wildman–Crippen MR) is 105 cm³/mol. The van der Waals surface area contributed by atoms with Crippen LogP contribution in [0.15, 0.2) is 55.1 Å². The van der Waals surface area contributed by atoms with Gasteiger partial charge in [0.2, 0.25) is 5.95 Å². The molecule has 3 aromatic rings. The summed E-state index contributed by atoms with van der Waals surface area (Å²) in [7, 11) is 1.58. The van der Waals surface area contributed by atoms with E-state index in [0.29, 0.717) is 22.6 Å². The molecule has 0 atom stereocenters. The van der Waals surface area contributed by atoms with Crippen molar-refractivity contribution in [2.45, 2.75) is 6.54 Å². The Kier molecular flexibility index (Phi) is 5.67. The fraction of sp³-hybridized carbons (Fsp3) is 0.100. The number of hydrogen-bond donors (Lipinski definition) is 2. The number of hydrogen-bond acceptors (Lipinski definition) is 6. The molecule has 0 saturated heterocycles. The molecule has 3 rings (SSSR count). The van der Waals surface area contributed by atoms with E-state index in [1.807, 2.05) is 24.3 Å². The molecule has 0 fully saturated rings. The van der Waals surface area contributed by atoms with Crippen LogP contribution in [-0.4, -0.2) is 28.1 Å². The van der Waals surface area contributed by atoms with Gasteiger partial charge in [0.15, 0.2) is 0 Å². The van der Waals surface area contributed by atoms with Crippen LogP contribution in [0, 0.1) is 11.8 Å². The number of rotatable bonds is 4. The summed E-state index contributed by atoms with van der Waals surface area (Å²) in [6.45, 7) is 0.240. The lowest BCUT2D eigenvalue weighted by Gasteiger charge is -2.21. The fourth-order valence-corrected chi connectivity index (χ4v) is 2.49. The first-order chi connectivity index (χ1) is 13.6. The number of ether oxygens (including phenoxy) is 1. The highest BCUT2D eigenvalue weighted by atomic mass is 16.5. The van der Waals surface area contributed by atoms with E-state index in [0.717, 1.165) is 5.56 Å². The highest BCUT2D eigenvalue weighted by Gasteiger charge is 2.16. The van der Waals surface area contributed by atoms with E-state index in [1.165, 1.54) is 17.3 Å². The summed E-state index contributed by atoms with van der Waals surface area (Å²) in [6, 6.07) is 8.54. The third-order valence-electron chi connectivity index (χ3n) is 3.85. The topological polar surface area (TPSA) is 120 Å². The van der Waals surface area contributed by atoms with Crippen LogP contribution in [0.3, 0.4) is 0 Å². The number of methoxy groups -OCH3 is 1. The smallest absolute Gasteiger partial charge is 0.319 e. The molecule has 28 heavy (non-hydrogen) atoms. The molecule has 8 heteroatoms. The van der Waals surface area contributed by atoms with E-state index in [1.54, 1.807) is 25.6 Å². The maximum Gasteiger partial charge on any atom is 0.319 e. The second-order valence-corrected chi connectivity index (χ2v) is 5.75. The largest absolute Gasteiger partial charge is 0.496 e. The molecule has 0 aliphatic heterocycles. The summed E-state index contributed by atoms with van der Waals surface area (Å²) < 4.78 is 5.34. The number of nitrogens with two attached hydrogens (primary N) is 2. The van der Waals surface area contributed by atoms with Crippen LogP contribution < -0.4 is 21.1 Å². The molecule has 2 aromatic heterocycles. The molecule has 1 aromatic carbocycles. The van der Waals surface area contributed by atoms with Crippen LogP contribution in [0.1, 0.15) is 16.7 Å². The number of pyridine rings is 1. The summed E-state index contributed by atoms with van der Waals surface area (Å²) >= 11 is 0. The van der Waals surface area contributed by atoms with Crippen molar-refractivity contribution < 1.29 is 9.53 Å². The molecule has 0 aliphatic carbocycles. The zero-order valence-corrected chi connectivity index (χ0v) is 15.2. The van der Waals surface area contributed by atoms with Gasteiger partial charge in [-0.15, -0.1) is 0 Å². The molecule has 0 unspecified atom stereocenters. The number of amides is 2. The third kappa shape index (κ3) is 4.53. The van der Waals surface area contributed by atoms with Crippen LogP contribution in [0.4, 0.5) is 16.4 Å². The average molecular weight is 374 g/mol. The van der Waals surface area contributed by atoms with Crippen LogP contribution in [0.25, 0.3) is 0 Å². The number of urea groups is 1. The predicted octanol–water partition coefficient (Wildman–Crippen LogP) is 1.95. The van der Waals surface area contributed by atoms with Gasteiger partial charge in [0, 0.05) is 29.7 Å². The number of carbonyl (C=O) groups is 1. The molecular formula is C20H18N6O2. The van der Waals surface area contributed by atoms with Gasteiger partial charge < -0.3 is 16.2 Å². The molecule has 8 nitrogen and oxygen atoms in total. The Morgan fingerprint density at radius 3 is 2.54 bits per heavy atom. The Labute approximate surface area is 162 Å². The van der Waals surface area contributed by atoms with Crippen molar-refractivity contribution in [2.24, 2.45) is 5.73 Å². The summed E-state index contributed by atoms with van der Waals surface area (Å²) in [5.41, 5.74) is 13.6. The first kappa shape index (κ1) is 18.7. The van der Waals surface area contributed by atoms with Gasteiger partial charge in [-0.25, -0.2) is 14.8 Å². The van der Waals surface area contributed by atoms with Gasteiger partial charge in [-0.3, -0.25) is 9.88 Å². The van der Waals surface area contributed by atoms with Gasteiger partial charge >= 0.3 is 6.03 Å². The van der Waals surface area contributed by atoms with Crippen molar-refractivity contribution in [1.29, 1.82) is 0 Å². The molecule has 0 bridgehead atoms. The Morgan fingerprint density at radius 1 is 1.11 bits per heavy atom. The quantitative estimate of drug-likeness (QED) is 0.674. The molecule has 0 aliphatic rings. The molecule has 4 N–H and O–H groups in total. The summed E-state index contributed by atoms with van der Waals surface area (Å²) in [5, 5.41) is 0. The Hall–Kier alpha value is -4.12. The minimum Gasteiger partial charge on any atom is -0.496 e. The van der Waals surface area contributed by atoms with Gasteiger partial charge in [0.1, 0.15) is 5.75 Å². The van der Waals surface area contributed by atoms with Gasteiger partial charge in [0.05, 0.1) is 31.1 Å². The number of anilines is 2. The molecular weight excluding hydrogens is 356 g/mol. The lowest BCUT2D eigenvalue weighted by atomic mass is 10.1. The number of benzene rings is 1. The van der Waals surface area contributed by atoms with E-state index >= 15 is 0 Å². The highest BCUT2D eigenvalue weighted by Crippen LogP contribution is 2.23. The minimum atomic E-state index is -0.607. The first-order valence-electron chi connectivity index (χ1n) is 8.30. The second kappa shape index (κ2) is 8.51. The molecule has 140 valence electrons. The first-order valence-corrected chi connectivity index (χ1v) is 8.30. The van der Waals surface area contributed by atoms with Crippen LogP contribution in [-0.2, 0) is 6.54 Å². The van der Waals surface area contributed by atoms with Crippen molar-refractivity contribution >= 4 is 17.7 Å². The van der Waals surface area contributed by atoms with E-state index in [9.17, 15) is 4.79 Å². The number of aromatic nitrogens is 3. The number of nitrogens with zero attached hydrogens (tertiary/aromatic N) is 4. The Morgan fingerprint density at radius 2 is 1.82 bits per heavy atom. The van der Waals surface area contributed by atoms with Gasteiger partial charge in [-0.05, 0) is 12.1 Å². The molecule has 0 spiro atoms. The fourth-order valence-electron chi connectivity index (χ4n) is 2.49. The maximum absolute atomic E-state index is 12.0. The van der Waals surface area contributed by atoms with Crippen LogP contribution >= 0.6 is 0 Å². The highest BCUT2D eigenvalue weighted by molar-refractivity contribution is 5.90. The normalized spacial score (nSPS) is 9.89. The van der Waals surface area contributed by atoms with E-state index in [4.69, 9.17) is 16.2 Å². The summed E-state index contributed by atoms with van der Waals surface area (Å²) in [6.07, 6.45) is 6.21. The third-order valence-corrected chi connectivity index (χ3v) is 3.85. The molecule has 0 radical (unpaired) electrons. The van der Waals surface area contributed by atoms with Crippen molar-refractivity contribution in [2.75, 3.05) is 17.7 Å². The van der Waals surface area contributed by atoms with Gasteiger partial charge in [0.25, 0.3) is 0 Å². The molecule has 2 amide bonds. The summed E-state index contributed by atoms with van der Waals surface area (Å²) in [4.78, 5) is 25.4. The second-order valence-electron chi connectivity index (χ2n) is 5.75. The molecule has 0 saturated carbocycles. The SMILES string of the molecule is COc1ccccc1CN(C(N)=O)c1cncc(C#Cc2cnc(N)nc2)c1. The van der Waals surface area contributed by atoms with E-state index in [2.05, 4.69) is 26.8 Å². The van der Waals surface area contributed by atoms with Crippen molar-refractivity contribution in [3.05, 3.63) is 71.8 Å². The Bertz CT molecular complexity index is 1040. The van der Waals surface area contributed by atoms with Crippen molar-refractivity contribution in [1.82, 2.24) is 15.0 Å². The van der Waals surface area contributed by atoms with Crippen molar-refractivity contribution in [3.8, 4) is 17.6 Å². The number of primary amides is 1. The number of para-hydroxylation sites is 1. The number of nitrogen functional groups attached to an aromatic ring is 1. The maximum atomic E-state index is 12.0. The van der Waals surface area contributed by atoms with Crippen LogP contribution in [0.5, 0.6) is 5.75 Å². The van der Waals surface area contributed by atoms with E-state index in [-0.39, 0.29) is 12.5 Å². The van der Waals surface area contributed by atoms with Gasteiger partial charge in [-0.1, -0.05) is 30.0 Å². The lowest BCUT2D eigenvalue weighted by molar-refractivity contribution is 0.253. The summed E-state index contributed by atoms with van der Waals surface area (Å²) in [5.74, 6) is 6.74. The van der Waals surface area contributed by atoms with Crippen LogP contribution in [0.2, 0.25) is 0 Å². The zero-order valence-electron chi connectivity index (χ0n) is 15.2. The number of carbonyl (C=O) groups excluding carboxylic acids is 1. The molecule has 2 heterocycles.